The number of amides is 1. The third-order valence-corrected chi connectivity index (χ3v) is 4.48. The number of hydrogen-bond donors (Lipinski definition) is 1. The highest BCUT2D eigenvalue weighted by Crippen LogP contribution is 2.20. The van der Waals surface area contributed by atoms with E-state index in [0.29, 0.717) is 38.4 Å². The third kappa shape index (κ3) is 4.85. The Morgan fingerprint density at radius 3 is 2.41 bits per heavy atom. The van der Waals surface area contributed by atoms with E-state index in [9.17, 15) is 14.4 Å². The van der Waals surface area contributed by atoms with E-state index in [2.05, 4.69) is 5.32 Å². The molecule has 0 aromatic heterocycles. The molecule has 2 aromatic rings. The summed E-state index contributed by atoms with van der Waals surface area (Å²) in [7, 11) is 0. The summed E-state index contributed by atoms with van der Waals surface area (Å²) >= 11 is 0. The molecule has 0 atom stereocenters. The monoisotopic (exact) mass is 364 g/mol. The average Bonchev–Trinajstić information content (AvgIpc) is 2.72. The second-order valence-electron chi connectivity index (χ2n) is 6.30. The molecule has 1 amide bonds. The van der Waals surface area contributed by atoms with Crippen LogP contribution in [0.15, 0.2) is 66.4 Å². The van der Waals surface area contributed by atoms with E-state index >= 15 is 0 Å². The molecule has 1 aliphatic heterocycles. The molecule has 1 N–H and O–H groups in total. The van der Waals surface area contributed by atoms with E-state index < -0.39 is 5.91 Å². The van der Waals surface area contributed by atoms with Gasteiger partial charge in [0.15, 0.2) is 0 Å². The highest BCUT2D eigenvalue weighted by atomic mass is 19.1. The maximum Gasteiger partial charge on any atom is 0.263 e. The van der Waals surface area contributed by atoms with Crippen LogP contribution in [0.2, 0.25) is 0 Å². The van der Waals surface area contributed by atoms with Crippen molar-refractivity contribution in [2.24, 2.45) is 0 Å². The van der Waals surface area contributed by atoms with Gasteiger partial charge in [0.05, 0.1) is 5.69 Å². The molecule has 1 saturated heterocycles. The standard InChI is InChI=1S/C21H21FN4O/c22-19-8-4-5-9-20(19)26-12-10-25(11-13-26)16-18(14-23)21(27)24-15-17-6-2-1-3-7-17/h1-9,16H,10-13,15H2,(H,24,27)/b18-16-. The molecule has 0 unspecified atom stereocenters. The summed E-state index contributed by atoms with van der Waals surface area (Å²) in [6.45, 7) is 2.86. The van der Waals surface area contributed by atoms with Gasteiger partial charge in [-0.1, -0.05) is 42.5 Å². The fraction of sp³-hybridized carbons (Fsp3) is 0.238. The second kappa shape index (κ2) is 8.86. The maximum atomic E-state index is 13.9. The van der Waals surface area contributed by atoms with Gasteiger partial charge in [-0.2, -0.15) is 5.26 Å². The average molecular weight is 364 g/mol. The van der Waals surface area contributed by atoms with Crippen molar-refractivity contribution in [3.63, 3.8) is 0 Å². The first-order valence-corrected chi connectivity index (χ1v) is 8.85. The van der Waals surface area contributed by atoms with Crippen LogP contribution in [0.5, 0.6) is 0 Å². The van der Waals surface area contributed by atoms with Crippen LogP contribution in [0.3, 0.4) is 0 Å². The maximum absolute atomic E-state index is 13.9. The van der Waals surface area contributed by atoms with E-state index in [1.807, 2.05) is 52.3 Å². The number of nitriles is 1. The molecular weight excluding hydrogens is 343 g/mol. The number of rotatable bonds is 5. The minimum Gasteiger partial charge on any atom is -0.373 e. The number of benzene rings is 2. The first-order chi connectivity index (χ1) is 13.2. The van der Waals surface area contributed by atoms with Gasteiger partial charge in [0.1, 0.15) is 17.5 Å². The first-order valence-electron chi connectivity index (χ1n) is 8.85. The molecule has 0 saturated carbocycles. The van der Waals surface area contributed by atoms with Gasteiger partial charge in [-0.25, -0.2) is 4.39 Å². The number of halogens is 1. The van der Waals surface area contributed by atoms with Crippen LogP contribution in [0, 0.1) is 17.1 Å². The summed E-state index contributed by atoms with van der Waals surface area (Å²) in [5.74, 6) is -0.627. The molecule has 27 heavy (non-hydrogen) atoms. The van der Waals surface area contributed by atoms with Crippen molar-refractivity contribution in [1.29, 1.82) is 5.26 Å². The summed E-state index contributed by atoms with van der Waals surface area (Å²) < 4.78 is 13.9. The van der Waals surface area contributed by atoms with Crippen LogP contribution in [-0.4, -0.2) is 37.0 Å². The minimum absolute atomic E-state index is 0.0743. The SMILES string of the molecule is N#C/C(=C/N1CCN(c2ccccc2F)CC1)C(=O)NCc1ccccc1. The van der Waals surface area contributed by atoms with E-state index in [0.717, 1.165) is 5.56 Å². The fourth-order valence-electron chi connectivity index (χ4n) is 2.99. The zero-order chi connectivity index (χ0) is 19.1. The van der Waals surface area contributed by atoms with Gasteiger partial charge < -0.3 is 15.1 Å². The highest BCUT2D eigenvalue weighted by molar-refractivity contribution is 5.97. The molecule has 1 heterocycles. The van der Waals surface area contributed by atoms with Gasteiger partial charge in [0.2, 0.25) is 0 Å². The van der Waals surface area contributed by atoms with Crippen LogP contribution in [0.1, 0.15) is 5.56 Å². The molecule has 2 aromatic carbocycles. The van der Waals surface area contributed by atoms with Crippen LogP contribution >= 0.6 is 0 Å². The lowest BCUT2D eigenvalue weighted by Crippen LogP contribution is -2.44. The first kappa shape index (κ1) is 18.5. The Bertz CT molecular complexity index is 852. The molecule has 0 bridgehead atoms. The number of piperazine rings is 1. The molecule has 138 valence electrons. The molecular formula is C21H21FN4O. The topological polar surface area (TPSA) is 59.4 Å². The quantitative estimate of drug-likeness (QED) is 0.655. The van der Waals surface area contributed by atoms with Crippen molar-refractivity contribution < 1.29 is 9.18 Å². The normalized spacial score (nSPS) is 14.6. The van der Waals surface area contributed by atoms with Gasteiger partial charge in [-0.15, -0.1) is 0 Å². The molecule has 5 nitrogen and oxygen atoms in total. The Kier molecular flexibility index (Phi) is 6.06. The predicted octanol–water partition coefficient (Wildman–Crippen LogP) is 2.67. The van der Waals surface area contributed by atoms with Crippen molar-refractivity contribution >= 4 is 11.6 Å². The van der Waals surface area contributed by atoms with Crippen LogP contribution < -0.4 is 10.2 Å². The van der Waals surface area contributed by atoms with E-state index in [4.69, 9.17) is 0 Å². The van der Waals surface area contributed by atoms with Crippen LogP contribution in [-0.2, 0) is 11.3 Å². The Labute approximate surface area is 158 Å². The highest BCUT2D eigenvalue weighted by Gasteiger charge is 2.19. The molecule has 0 radical (unpaired) electrons. The number of nitrogens with zero attached hydrogens (tertiary/aromatic N) is 3. The number of carbonyl (C=O) groups excluding carboxylic acids is 1. The minimum atomic E-state index is -0.391. The molecule has 6 heteroatoms. The summed E-state index contributed by atoms with van der Waals surface area (Å²) in [6, 6.07) is 18.2. The van der Waals surface area contributed by atoms with E-state index in [1.54, 1.807) is 18.3 Å². The van der Waals surface area contributed by atoms with Gasteiger partial charge in [0.25, 0.3) is 5.91 Å². The Morgan fingerprint density at radius 1 is 1.07 bits per heavy atom. The van der Waals surface area contributed by atoms with Crippen molar-refractivity contribution in [1.82, 2.24) is 10.2 Å². The van der Waals surface area contributed by atoms with Gasteiger partial charge >= 0.3 is 0 Å². The molecule has 0 aliphatic carbocycles. The largest absolute Gasteiger partial charge is 0.373 e. The van der Waals surface area contributed by atoms with E-state index in [-0.39, 0.29) is 11.4 Å². The predicted molar refractivity (Wildman–Crippen MR) is 102 cm³/mol. The lowest BCUT2D eigenvalue weighted by atomic mass is 10.2. The van der Waals surface area contributed by atoms with Crippen LogP contribution in [0.4, 0.5) is 10.1 Å². The number of nitrogens with one attached hydrogen (secondary N) is 1. The molecule has 1 fully saturated rings. The lowest BCUT2D eigenvalue weighted by molar-refractivity contribution is -0.117. The molecule has 1 aliphatic rings. The third-order valence-electron chi connectivity index (χ3n) is 4.48. The van der Waals surface area contributed by atoms with Crippen LogP contribution in [0.25, 0.3) is 0 Å². The second-order valence-corrected chi connectivity index (χ2v) is 6.30. The Hall–Kier alpha value is -3.33. The number of hydrogen-bond acceptors (Lipinski definition) is 4. The summed E-state index contributed by atoms with van der Waals surface area (Å²) in [6.07, 6.45) is 1.60. The summed E-state index contributed by atoms with van der Waals surface area (Å²) in [5.41, 5.74) is 1.63. The fourth-order valence-corrected chi connectivity index (χ4v) is 2.99. The van der Waals surface area contributed by atoms with Crippen molar-refractivity contribution in [2.45, 2.75) is 6.54 Å². The van der Waals surface area contributed by atoms with E-state index in [1.165, 1.54) is 6.07 Å². The van der Waals surface area contributed by atoms with Crippen molar-refractivity contribution in [3.8, 4) is 6.07 Å². The number of carbonyl (C=O) groups is 1. The zero-order valence-corrected chi connectivity index (χ0v) is 14.9. The number of para-hydroxylation sites is 1. The smallest absolute Gasteiger partial charge is 0.263 e. The van der Waals surface area contributed by atoms with Gasteiger partial charge in [-0.05, 0) is 17.7 Å². The zero-order valence-electron chi connectivity index (χ0n) is 14.9. The van der Waals surface area contributed by atoms with Gasteiger partial charge in [0, 0.05) is 38.9 Å². The summed E-state index contributed by atoms with van der Waals surface area (Å²) in [4.78, 5) is 16.2. The molecule has 3 rings (SSSR count). The Balaban J connectivity index is 1.56. The number of anilines is 1. The Morgan fingerprint density at radius 2 is 1.74 bits per heavy atom. The lowest BCUT2D eigenvalue weighted by Gasteiger charge is -2.35. The van der Waals surface area contributed by atoms with Crippen molar-refractivity contribution in [2.75, 3.05) is 31.1 Å². The van der Waals surface area contributed by atoms with Crippen molar-refractivity contribution in [3.05, 3.63) is 77.8 Å². The summed E-state index contributed by atoms with van der Waals surface area (Å²) in [5, 5.41) is 12.1. The molecule has 0 spiro atoms. The van der Waals surface area contributed by atoms with Gasteiger partial charge in [-0.3, -0.25) is 4.79 Å².